The molecule has 0 saturated carbocycles. The monoisotopic (exact) mass is 601 g/mol. The van der Waals surface area contributed by atoms with Gasteiger partial charge in [-0.15, -0.1) is 0 Å². The Labute approximate surface area is 261 Å². The van der Waals surface area contributed by atoms with Crippen LogP contribution in [0.2, 0.25) is 0 Å². The lowest BCUT2D eigenvalue weighted by Crippen LogP contribution is -2.23. The quantitative estimate of drug-likeness (QED) is 0.118. The number of aryl methyl sites for hydroxylation is 1. The number of aromatic nitrogens is 4. The third-order valence-corrected chi connectivity index (χ3v) is 7.70. The fraction of sp³-hybridized carbons (Fsp3) is 0.257. The van der Waals surface area contributed by atoms with Gasteiger partial charge in [-0.05, 0) is 93.6 Å². The van der Waals surface area contributed by atoms with E-state index in [1.54, 1.807) is 19.2 Å². The van der Waals surface area contributed by atoms with Gasteiger partial charge in [-0.3, -0.25) is 9.78 Å². The second-order valence-electron chi connectivity index (χ2n) is 11.0. The second kappa shape index (κ2) is 13.2. The predicted molar refractivity (Wildman–Crippen MR) is 176 cm³/mol. The number of rotatable bonds is 10. The summed E-state index contributed by atoms with van der Waals surface area (Å²) in [6.45, 7) is 12.6. The van der Waals surface area contributed by atoms with Crippen LogP contribution in [0.25, 0.3) is 33.3 Å². The Morgan fingerprint density at radius 1 is 1.13 bits per heavy atom. The largest absolute Gasteiger partial charge is 0.435 e. The Bertz CT molecular complexity index is 2030. The van der Waals surface area contributed by atoms with Crippen LogP contribution in [0.15, 0.2) is 58.7 Å². The Balaban J connectivity index is 1.48. The van der Waals surface area contributed by atoms with Crippen molar-refractivity contribution in [2.45, 2.75) is 54.2 Å². The van der Waals surface area contributed by atoms with Crippen molar-refractivity contribution in [3.8, 4) is 6.07 Å². The van der Waals surface area contributed by atoms with Crippen molar-refractivity contribution in [2.24, 2.45) is 0 Å². The number of aliphatic hydroxyl groups excluding tert-OH is 1. The Hall–Kier alpha value is -5.24. The highest BCUT2D eigenvalue weighted by molar-refractivity contribution is 5.93. The zero-order chi connectivity index (χ0) is 32.2. The summed E-state index contributed by atoms with van der Waals surface area (Å²) in [6.07, 6.45) is 4.12. The third-order valence-electron chi connectivity index (χ3n) is 7.70. The van der Waals surface area contributed by atoms with E-state index in [-0.39, 0.29) is 5.56 Å². The van der Waals surface area contributed by atoms with Gasteiger partial charge >= 0.3 is 0 Å². The molecule has 0 saturated heterocycles. The van der Waals surface area contributed by atoms with Crippen molar-refractivity contribution in [3.63, 3.8) is 0 Å². The highest BCUT2D eigenvalue weighted by Gasteiger charge is 2.18. The molecule has 0 bridgehead atoms. The van der Waals surface area contributed by atoms with E-state index in [9.17, 15) is 15.2 Å². The summed E-state index contributed by atoms with van der Waals surface area (Å²) in [4.78, 5) is 29.9. The van der Waals surface area contributed by atoms with Gasteiger partial charge in [-0.25, -0.2) is 15.0 Å². The van der Waals surface area contributed by atoms with Gasteiger partial charge in [0.05, 0.1) is 17.2 Å². The minimum atomic E-state index is -0.429. The number of oxazole rings is 1. The number of benzene rings is 2. The van der Waals surface area contributed by atoms with E-state index in [0.29, 0.717) is 59.1 Å². The highest BCUT2D eigenvalue weighted by atomic mass is 16.3. The first-order chi connectivity index (χ1) is 21.6. The van der Waals surface area contributed by atoms with E-state index in [1.807, 2.05) is 45.9 Å². The zero-order valence-corrected chi connectivity index (χ0v) is 26.2. The number of nitrogens with zero attached hydrogens (tertiary/aromatic N) is 5. The van der Waals surface area contributed by atoms with Gasteiger partial charge in [-0.1, -0.05) is 18.2 Å². The van der Waals surface area contributed by atoms with Crippen LogP contribution in [0.1, 0.15) is 72.0 Å². The first-order valence-corrected chi connectivity index (χ1v) is 14.7. The maximum atomic E-state index is 11.4. The Morgan fingerprint density at radius 2 is 1.93 bits per heavy atom. The van der Waals surface area contributed by atoms with Crippen LogP contribution in [0.5, 0.6) is 0 Å². The van der Waals surface area contributed by atoms with Crippen LogP contribution in [0.3, 0.4) is 0 Å². The summed E-state index contributed by atoms with van der Waals surface area (Å²) in [5, 5.41) is 25.8. The molecule has 2 aromatic carbocycles. The van der Waals surface area contributed by atoms with Crippen LogP contribution in [0.4, 0.5) is 11.5 Å². The molecule has 5 aromatic rings. The van der Waals surface area contributed by atoms with E-state index in [0.717, 1.165) is 44.6 Å². The first kappa shape index (κ1) is 31.2. The molecular formula is C35H35N7O3. The van der Waals surface area contributed by atoms with Crippen LogP contribution in [0, 0.1) is 25.2 Å². The molecule has 0 fully saturated rings. The molecule has 0 aliphatic carbocycles. The van der Waals surface area contributed by atoms with Crippen LogP contribution < -0.4 is 10.6 Å². The minimum absolute atomic E-state index is 0.269. The summed E-state index contributed by atoms with van der Waals surface area (Å²) in [7, 11) is 0. The normalized spacial score (nSPS) is 13.1. The topological polar surface area (TPSA) is 150 Å². The molecule has 3 heterocycles. The number of nitriles is 1. The standard InChI is InChI=1S/C35H35N7O3/c1-7-27(20(3)21(4)35-42-31-12-24(18-43)11-26(14-36)33(31)45-35)28-9-8-10-29(22(28)5)41-34-32-30(39-23(6)40-34)13-25(17-38-32)16-37-15-19(2)44/h7-13,17-19,37,44H,15-16H2,1-6H3,(H,39,40,41)/b21-20+,27-7+/t19-/m0/s1. The number of aliphatic hydroxyl groups is 1. The van der Waals surface area contributed by atoms with Gasteiger partial charge in [0.15, 0.2) is 11.4 Å². The molecule has 5 rings (SSSR count). The average Bonchev–Trinajstić information content (AvgIpc) is 3.46. The zero-order valence-electron chi connectivity index (χ0n) is 26.2. The van der Waals surface area contributed by atoms with Crippen molar-refractivity contribution in [1.29, 1.82) is 5.26 Å². The smallest absolute Gasteiger partial charge is 0.223 e. The number of fused-ring (bicyclic) bond motifs is 2. The van der Waals surface area contributed by atoms with E-state index >= 15 is 0 Å². The lowest BCUT2D eigenvalue weighted by molar-refractivity contribution is 0.112. The number of pyridine rings is 1. The molecule has 10 nitrogen and oxygen atoms in total. The molecule has 0 unspecified atom stereocenters. The van der Waals surface area contributed by atoms with E-state index in [4.69, 9.17) is 4.42 Å². The first-order valence-electron chi connectivity index (χ1n) is 14.7. The van der Waals surface area contributed by atoms with Crippen molar-refractivity contribution in [1.82, 2.24) is 25.3 Å². The number of aldehydes is 1. The third kappa shape index (κ3) is 6.50. The summed E-state index contributed by atoms with van der Waals surface area (Å²) in [6, 6.07) is 13.3. The molecule has 0 aliphatic rings. The highest BCUT2D eigenvalue weighted by Crippen LogP contribution is 2.36. The summed E-state index contributed by atoms with van der Waals surface area (Å²) in [5.74, 6) is 1.63. The molecule has 3 aromatic heterocycles. The van der Waals surface area contributed by atoms with Gasteiger partial charge in [0.2, 0.25) is 5.89 Å². The van der Waals surface area contributed by atoms with Crippen LogP contribution in [-0.2, 0) is 6.54 Å². The molecule has 228 valence electrons. The molecule has 0 radical (unpaired) electrons. The van der Waals surface area contributed by atoms with Crippen molar-refractivity contribution in [2.75, 3.05) is 11.9 Å². The van der Waals surface area contributed by atoms with Crippen molar-refractivity contribution >= 4 is 51.1 Å². The van der Waals surface area contributed by atoms with Crippen LogP contribution in [-0.4, -0.2) is 44.0 Å². The molecule has 10 heteroatoms. The summed E-state index contributed by atoms with van der Waals surface area (Å²) < 4.78 is 6.05. The van der Waals surface area contributed by atoms with Gasteiger partial charge in [0, 0.05) is 36.1 Å². The molecule has 1 atom stereocenters. The predicted octanol–water partition coefficient (Wildman–Crippen LogP) is 6.58. The van der Waals surface area contributed by atoms with Gasteiger partial charge in [0.1, 0.15) is 29.2 Å². The van der Waals surface area contributed by atoms with Crippen molar-refractivity contribution in [3.05, 3.63) is 93.8 Å². The molecule has 0 aliphatic heterocycles. The fourth-order valence-electron chi connectivity index (χ4n) is 5.28. The number of allylic oxidation sites excluding steroid dienone is 4. The Kier molecular flexibility index (Phi) is 9.13. The van der Waals surface area contributed by atoms with Gasteiger partial charge in [0.25, 0.3) is 0 Å². The fourth-order valence-corrected chi connectivity index (χ4v) is 5.28. The number of nitrogens with one attached hydrogen (secondary N) is 2. The molecule has 0 spiro atoms. The Morgan fingerprint density at radius 3 is 2.64 bits per heavy atom. The maximum absolute atomic E-state index is 11.4. The van der Waals surface area contributed by atoms with Gasteiger partial charge < -0.3 is 20.2 Å². The number of carbonyl (C=O) groups excluding carboxylic acids is 1. The summed E-state index contributed by atoms with van der Waals surface area (Å²) >= 11 is 0. The number of hydrogen-bond acceptors (Lipinski definition) is 10. The second-order valence-corrected chi connectivity index (χ2v) is 11.0. The number of hydrogen-bond donors (Lipinski definition) is 3. The molecular weight excluding hydrogens is 566 g/mol. The summed E-state index contributed by atoms with van der Waals surface area (Å²) in [5.41, 5.74) is 9.51. The number of anilines is 2. The van der Waals surface area contributed by atoms with Crippen molar-refractivity contribution < 1.29 is 14.3 Å². The molecule has 3 N–H and O–H groups in total. The van der Waals surface area contributed by atoms with E-state index in [2.05, 4.69) is 55.7 Å². The van der Waals surface area contributed by atoms with E-state index < -0.39 is 6.10 Å². The van der Waals surface area contributed by atoms with Gasteiger partial charge in [-0.2, -0.15) is 5.26 Å². The maximum Gasteiger partial charge on any atom is 0.223 e. The lowest BCUT2D eigenvalue weighted by Gasteiger charge is -2.18. The van der Waals surface area contributed by atoms with Crippen LogP contribution >= 0.6 is 0 Å². The average molecular weight is 602 g/mol. The minimum Gasteiger partial charge on any atom is -0.435 e. The SMILES string of the molecule is C/C=C(\C(C)=C(/C)c1nc2cc(C=O)cc(C#N)c2o1)c1cccc(Nc2nc(C)nc3cc(CNC[C@H](C)O)cnc23)c1C. The lowest BCUT2D eigenvalue weighted by atomic mass is 9.91. The van der Waals surface area contributed by atoms with E-state index in [1.165, 1.54) is 6.07 Å². The molecule has 0 amide bonds. The number of carbonyl (C=O) groups is 1. The molecule has 45 heavy (non-hydrogen) atoms.